The molecule has 2 aliphatic rings. The molecule has 0 saturated heterocycles. The number of amidine groups is 1. The van der Waals surface area contributed by atoms with E-state index in [0.29, 0.717) is 24.4 Å². The smallest absolute Gasteiger partial charge is 0.277 e. The van der Waals surface area contributed by atoms with Crippen LogP contribution in [0.1, 0.15) is 40.3 Å². The predicted octanol–water partition coefficient (Wildman–Crippen LogP) is 2.82. The number of nitrogens with zero attached hydrogens (tertiary/aromatic N) is 2. The lowest BCUT2D eigenvalue weighted by Crippen LogP contribution is -2.52. The fraction of sp³-hybridized carbons (Fsp3) is 0.389. The molecule has 8 heteroatoms. The Balaban J connectivity index is 1.60. The summed E-state index contributed by atoms with van der Waals surface area (Å²) in [4.78, 5) is 20.5. The molecular weight excluding hydrogens is 342 g/mol. The zero-order valence-electron chi connectivity index (χ0n) is 14.2. The lowest BCUT2D eigenvalue weighted by Gasteiger charge is -2.46. The van der Waals surface area contributed by atoms with Crippen LogP contribution < -0.4 is 11.1 Å². The summed E-state index contributed by atoms with van der Waals surface area (Å²) >= 11 is 0. The summed E-state index contributed by atoms with van der Waals surface area (Å²) in [6, 6.07) is 5.48. The van der Waals surface area contributed by atoms with Crippen LogP contribution in [0.5, 0.6) is 0 Å². The summed E-state index contributed by atoms with van der Waals surface area (Å²) in [5.74, 6) is -0.271. The average Bonchev–Trinajstić information content (AvgIpc) is 3.05. The van der Waals surface area contributed by atoms with Crippen LogP contribution in [-0.4, -0.2) is 29.1 Å². The molecule has 1 aliphatic carbocycles. The van der Waals surface area contributed by atoms with E-state index in [2.05, 4.69) is 15.3 Å². The number of fused-ring (bicyclic) bond motifs is 2. The van der Waals surface area contributed by atoms with E-state index in [1.807, 2.05) is 6.07 Å². The third kappa shape index (κ3) is 2.48. The second-order valence-corrected chi connectivity index (χ2v) is 6.88. The Kier molecular flexibility index (Phi) is 3.61. The number of benzene rings is 1. The SMILES string of the molecule is Cc1nc(C(=O)Nc2ccc3c(c2)[C@@]2(CC[C@@](F)(CF)C(N)=N2)C3)co1. The number of aryl methyl sites for hydroxylation is 1. The summed E-state index contributed by atoms with van der Waals surface area (Å²) in [6.07, 6.45) is 2.29. The van der Waals surface area contributed by atoms with Crippen LogP contribution in [0.15, 0.2) is 33.9 Å². The highest BCUT2D eigenvalue weighted by atomic mass is 19.2. The van der Waals surface area contributed by atoms with Gasteiger partial charge in [0.25, 0.3) is 5.91 Å². The number of anilines is 1. The molecule has 1 aromatic heterocycles. The standard InChI is InChI=1S/C18H18F2N4O2/c1-10-22-14(8-26-10)15(25)23-12-3-2-11-7-18(13(11)6-12)5-4-17(20,9-19)16(21)24-18/h2-3,6,8H,4-5,7,9H2,1H3,(H2,21,24)(H,23,25)/t17-,18-/m1/s1. The van der Waals surface area contributed by atoms with Crippen molar-refractivity contribution >= 4 is 17.4 Å². The maximum Gasteiger partial charge on any atom is 0.277 e. The van der Waals surface area contributed by atoms with E-state index in [1.54, 1.807) is 19.1 Å². The maximum atomic E-state index is 14.3. The van der Waals surface area contributed by atoms with Gasteiger partial charge in [-0.25, -0.2) is 13.8 Å². The predicted molar refractivity (Wildman–Crippen MR) is 91.7 cm³/mol. The Bertz CT molecular complexity index is 926. The van der Waals surface area contributed by atoms with E-state index < -0.39 is 17.9 Å². The van der Waals surface area contributed by atoms with Crippen molar-refractivity contribution in [2.24, 2.45) is 10.7 Å². The van der Waals surface area contributed by atoms with Crippen molar-refractivity contribution in [1.29, 1.82) is 0 Å². The summed E-state index contributed by atoms with van der Waals surface area (Å²) in [5.41, 5.74) is 5.61. The fourth-order valence-electron chi connectivity index (χ4n) is 3.59. The minimum absolute atomic E-state index is 0.00687. The van der Waals surface area contributed by atoms with Crippen LogP contribution >= 0.6 is 0 Å². The lowest BCUT2D eigenvalue weighted by atomic mass is 9.66. The van der Waals surface area contributed by atoms with Crippen molar-refractivity contribution < 1.29 is 18.0 Å². The van der Waals surface area contributed by atoms with Gasteiger partial charge in [-0.2, -0.15) is 0 Å². The van der Waals surface area contributed by atoms with Crippen LogP contribution in [0.3, 0.4) is 0 Å². The number of carbonyl (C=O) groups excluding carboxylic acids is 1. The van der Waals surface area contributed by atoms with Crippen LogP contribution in [0.4, 0.5) is 14.5 Å². The number of hydrogen-bond acceptors (Lipinski definition) is 5. The molecule has 0 radical (unpaired) electrons. The second kappa shape index (κ2) is 5.62. The van der Waals surface area contributed by atoms with Gasteiger partial charge in [-0.15, -0.1) is 0 Å². The van der Waals surface area contributed by atoms with Gasteiger partial charge in [0.05, 0.1) is 5.54 Å². The number of oxazole rings is 1. The number of nitrogens with two attached hydrogens (primary N) is 1. The molecular formula is C18H18F2N4O2. The Hall–Kier alpha value is -2.77. The van der Waals surface area contributed by atoms with Crippen molar-refractivity contribution in [1.82, 2.24) is 4.98 Å². The summed E-state index contributed by atoms with van der Waals surface area (Å²) < 4.78 is 32.3. The Morgan fingerprint density at radius 1 is 1.42 bits per heavy atom. The first kappa shape index (κ1) is 16.7. The third-order valence-electron chi connectivity index (χ3n) is 5.14. The van der Waals surface area contributed by atoms with Gasteiger partial charge in [-0.05, 0) is 36.1 Å². The number of halogens is 2. The minimum Gasteiger partial charge on any atom is -0.448 e. The molecule has 26 heavy (non-hydrogen) atoms. The van der Waals surface area contributed by atoms with Crippen LogP contribution in [0, 0.1) is 6.92 Å². The Labute approximate surface area is 148 Å². The van der Waals surface area contributed by atoms with Crippen molar-refractivity contribution in [3.8, 4) is 0 Å². The summed E-state index contributed by atoms with van der Waals surface area (Å²) in [7, 11) is 0. The van der Waals surface area contributed by atoms with Crippen molar-refractivity contribution in [3.05, 3.63) is 47.2 Å². The second-order valence-electron chi connectivity index (χ2n) is 6.88. The topological polar surface area (TPSA) is 93.5 Å². The molecule has 0 saturated carbocycles. The summed E-state index contributed by atoms with van der Waals surface area (Å²) in [5, 5.41) is 2.76. The molecule has 0 fully saturated rings. The van der Waals surface area contributed by atoms with E-state index in [9.17, 15) is 13.6 Å². The monoisotopic (exact) mass is 360 g/mol. The highest BCUT2D eigenvalue weighted by Gasteiger charge is 2.50. The molecule has 1 aromatic carbocycles. The molecule has 136 valence electrons. The van der Waals surface area contributed by atoms with E-state index in [1.165, 1.54) is 6.26 Å². The van der Waals surface area contributed by atoms with Gasteiger partial charge in [-0.3, -0.25) is 9.79 Å². The number of rotatable bonds is 3. The van der Waals surface area contributed by atoms with Gasteiger partial charge < -0.3 is 15.5 Å². The highest BCUT2D eigenvalue weighted by Crippen LogP contribution is 2.50. The summed E-state index contributed by atoms with van der Waals surface area (Å²) in [6.45, 7) is 0.484. The van der Waals surface area contributed by atoms with E-state index in [-0.39, 0.29) is 23.9 Å². The molecule has 1 amide bonds. The Morgan fingerprint density at radius 2 is 2.23 bits per heavy atom. The zero-order chi connectivity index (χ0) is 18.5. The first-order chi connectivity index (χ1) is 12.3. The molecule has 3 N–H and O–H groups in total. The van der Waals surface area contributed by atoms with Crippen LogP contribution in [-0.2, 0) is 12.0 Å². The average molecular weight is 360 g/mol. The first-order valence-electron chi connectivity index (χ1n) is 8.33. The van der Waals surface area contributed by atoms with E-state index in [0.717, 1.165) is 11.1 Å². The molecule has 6 nitrogen and oxygen atoms in total. The van der Waals surface area contributed by atoms with E-state index >= 15 is 0 Å². The van der Waals surface area contributed by atoms with Gasteiger partial charge in [0.15, 0.2) is 17.3 Å². The molecule has 0 bridgehead atoms. The van der Waals surface area contributed by atoms with E-state index in [4.69, 9.17) is 10.2 Å². The number of amides is 1. The molecule has 1 spiro atoms. The van der Waals surface area contributed by atoms with Crippen molar-refractivity contribution in [3.63, 3.8) is 0 Å². The molecule has 0 unspecified atom stereocenters. The van der Waals surface area contributed by atoms with Gasteiger partial charge in [-0.1, -0.05) is 6.07 Å². The normalized spacial score (nSPS) is 26.8. The van der Waals surface area contributed by atoms with Crippen molar-refractivity contribution in [2.75, 3.05) is 12.0 Å². The number of nitrogens with one attached hydrogen (secondary N) is 1. The highest BCUT2D eigenvalue weighted by molar-refractivity contribution is 6.02. The van der Waals surface area contributed by atoms with Gasteiger partial charge >= 0.3 is 0 Å². The number of carbonyl (C=O) groups is 1. The maximum absolute atomic E-state index is 14.3. The van der Waals surface area contributed by atoms with Crippen LogP contribution in [0.25, 0.3) is 0 Å². The molecule has 2 heterocycles. The lowest BCUT2D eigenvalue weighted by molar-refractivity contribution is 0.102. The van der Waals surface area contributed by atoms with Gasteiger partial charge in [0, 0.05) is 19.0 Å². The van der Waals surface area contributed by atoms with Gasteiger partial charge in [0.1, 0.15) is 18.8 Å². The number of hydrogen-bond donors (Lipinski definition) is 2. The number of aliphatic imine (C=N–C) groups is 1. The molecule has 4 rings (SSSR count). The Morgan fingerprint density at radius 3 is 2.88 bits per heavy atom. The van der Waals surface area contributed by atoms with Crippen LogP contribution in [0.2, 0.25) is 0 Å². The molecule has 1 aliphatic heterocycles. The zero-order valence-corrected chi connectivity index (χ0v) is 14.2. The molecule has 2 aromatic rings. The largest absolute Gasteiger partial charge is 0.448 e. The van der Waals surface area contributed by atoms with Crippen molar-refractivity contribution in [2.45, 2.75) is 37.4 Å². The molecule has 2 atom stereocenters. The number of alkyl halides is 2. The quantitative estimate of drug-likeness (QED) is 0.880. The fourth-order valence-corrected chi connectivity index (χ4v) is 3.59. The number of aromatic nitrogens is 1. The minimum atomic E-state index is -2.17. The van der Waals surface area contributed by atoms with Gasteiger partial charge in [0.2, 0.25) is 0 Å². The first-order valence-corrected chi connectivity index (χ1v) is 8.33. The third-order valence-corrected chi connectivity index (χ3v) is 5.14.